The van der Waals surface area contributed by atoms with Crippen LogP contribution in [0.2, 0.25) is 0 Å². The second kappa shape index (κ2) is 4.91. The van der Waals surface area contributed by atoms with Gasteiger partial charge in [-0.15, -0.1) is 0 Å². The fourth-order valence-electron chi connectivity index (χ4n) is 1.80. The first-order valence-electron chi connectivity index (χ1n) is 5.61. The molecule has 94 valence electrons. The Kier molecular flexibility index (Phi) is 3.32. The molecule has 0 saturated carbocycles. The number of benzene rings is 1. The minimum atomic E-state index is -1.03. The summed E-state index contributed by atoms with van der Waals surface area (Å²) in [6, 6.07) is 7.29. The topological polar surface area (TPSA) is 64.3 Å². The van der Waals surface area contributed by atoms with Crippen LogP contribution in [-0.2, 0) is 7.05 Å². The van der Waals surface area contributed by atoms with E-state index in [1.807, 2.05) is 31.2 Å². The van der Waals surface area contributed by atoms with Crippen LogP contribution < -0.4 is 4.74 Å². The monoisotopic (exact) mass is 246 g/mol. The largest absolute Gasteiger partial charge is 0.494 e. The zero-order valence-corrected chi connectivity index (χ0v) is 10.3. The molecule has 0 amide bonds. The van der Waals surface area contributed by atoms with E-state index in [1.54, 1.807) is 11.6 Å². The fraction of sp³-hybridized carbons (Fsp3) is 0.231. The second-order valence-electron chi connectivity index (χ2n) is 3.82. The van der Waals surface area contributed by atoms with Crippen molar-refractivity contribution < 1.29 is 14.6 Å². The molecule has 0 saturated heterocycles. The van der Waals surface area contributed by atoms with E-state index in [0.717, 1.165) is 11.3 Å². The van der Waals surface area contributed by atoms with Gasteiger partial charge < -0.3 is 14.4 Å². The lowest BCUT2D eigenvalue weighted by atomic mass is 10.1. The summed E-state index contributed by atoms with van der Waals surface area (Å²) < 4.78 is 7.04. The average Bonchev–Trinajstić information content (AvgIpc) is 2.73. The highest BCUT2D eigenvalue weighted by Crippen LogP contribution is 2.24. The van der Waals surface area contributed by atoms with Gasteiger partial charge in [-0.25, -0.2) is 9.78 Å². The maximum absolute atomic E-state index is 11.1. The Morgan fingerprint density at radius 1 is 1.39 bits per heavy atom. The van der Waals surface area contributed by atoms with Crippen LogP contribution in [0, 0.1) is 0 Å². The minimum Gasteiger partial charge on any atom is -0.494 e. The van der Waals surface area contributed by atoms with Crippen molar-refractivity contribution in [3.8, 4) is 17.0 Å². The number of carboxylic acid groups (broad SMARTS) is 1. The SMILES string of the molecule is CCOc1ccc(-c2c(C(=O)O)ncn2C)cc1. The maximum Gasteiger partial charge on any atom is 0.356 e. The molecule has 0 radical (unpaired) electrons. The van der Waals surface area contributed by atoms with E-state index in [1.165, 1.54) is 6.33 Å². The van der Waals surface area contributed by atoms with Crippen LogP contribution in [-0.4, -0.2) is 27.2 Å². The van der Waals surface area contributed by atoms with Crippen molar-refractivity contribution in [3.63, 3.8) is 0 Å². The number of aromatic nitrogens is 2. The fourth-order valence-corrected chi connectivity index (χ4v) is 1.80. The molecule has 5 heteroatoms. The van der Waals surface area contributed by atoms with Crippen molar-refractivity contribution in [2.24, 2.45) is 7.05 Å². The van der Waals surface area contributed by atoms with Gasteiger partial charge in [-0.2, -0.15) is 0 Å². The smallest absolute Gasteiger partial charge is 0.356 e. The molecule has 0 spiro atoms. The second-order valence-corrected chi connectivity index (χ2v) is 3.82. The van der Waals surface area contributed by atoms with E-state index in [-0.39, 0.29) is 5.69 Å². The lowest BCUT2D eigenvalue weighted by molar-refractivity contribution is 0.0692. The van der Waals surface area contributed by atoms with Crippen molar-refractivity contribution in [3.05, 3.63) is 36.3 Å². The normalized spacial score (nSPS) is 10.3. The van der Waals surface area contributed by atoms with E-state index in [0.29, 0.717) is 12.3 Å². The Bertz CT molecular complexity index is 558. The van der Waals surface area contributed by atoms with Gasteiger partial charge in [0.25, 0.3) is 0 Å². The molecule has 0 aliphatic carbocycles. The molecule has 0 fully saturated rings. The van der Waals surface area contributed by atoms with Crippen LogP contribution in [0.1, 0.15) is 17.4 Å². The summed E-state index contributed by atoms with van der Waals surface area (Å²) in [5.41, 5.74) is 1.45. The third kappa shape index (κ3) is 2.20. The Morgan fingerprint density at radius 2 is 2.06 bits per heavy atom. The zero-order chi connectivity index (χ0) is 13.1. The molecule has 0 aliphatic rings. The molecule has 0 atom stereocenters. The zero-order valence-electron chi connectivity index (χ0n) is 10.3. The molecule has 5 nitrogen and oxygen atoms in total. The Balaban J connectivity index is 2.42. The minimum absolute atomic E-state index is 0.0571. The van der Waals surface area contributed by atoms with Crippen molar-refractivity contribution in [2.45, 2.75) is 6.92 Å². The van der Waals surface area contributed by atoms with Gasteiger partial charge in [0.05, 0.1) is 18.6 Å². The van der Waals surface area contributed by atoms with Gasteiger partial charge in [-0.3, -0.25) is 0 Å². The van der Waals surface area contributed by atoms with Crippen LogP contribution >= 0.6 is 0 Å². The number of imidazole rings is 1. The van der Waals surface area contributed by atoms with Gasteiger partial charge in [0.15, 0.2) is 5.69 Å². The highest BCUT2D eigenvalue weighted by atomic mass is 16.5. The van der Waals surface area contributed by atoms with Gasteiger partial charge >= 0.3 is 5.97 Å². The first-order chi connectivity index (χ1) is 8.63. The number of ether oxygens (including phenoxy) is 1. The molecule has 2 rings (SSSR count). The third-order valence-electron chi connectivity index (χ3n) is 2.58. The first-order valence-corrected chi connectivity index (χ1v) is 5.61. The summed E-state index contributed by atoms with van der Waals surface area (Å²) in [6.07, 6.45) is 1.50. The number of hydrogen-bond donors (Lipinski definition) is 1. The van der Waals surface area contributed by atoms with Crippen LogP contribution in [0.25, 0.3) is 11.3 Å². The summed E-state index contributed by atoms with van der Waals surface area (Å²) in [5.74, 6) is -0.264. The van der Waals surface area contributed by atoms with E-state index >= 15 is 0 Å². The number of carbonyl (C=O) groups is 1. The molecule has 1 aromatic carbocycles. The quantitative estimate of drug-likeness (QED) is 0.898. The molecular formula is C13H14N2O3. The molecule has 1 heterocycles. The summed E-state index contributed by atoms with van der Waals surface area (Å²) in [7, 11) is 1.77. The van der Waals surface area contributed by atoms with Gasteiger partial charge in [0.2, 0.25) is 0 Å². The van der Waals surface area contributed by atoms with Gasteiger partial charge in [0, 0.05) is 12.6 Å². The van der Waals surface area contributed by atoms with Crippen LogP contribution in [0.3, 0.4) is 0 Å². The molecular weight excluding hydrogens is 232 g/mol. The van der Waals surface area contributed by atoms with Gasteiger partial charge in [-0.05, 0) is 31.2 Å². The van der Waals surface area contributed by atoms with Gasteiger partial charge in [0.1, 0.15) is 5.75 Å². The Labute approximate surface area is 105 Å². The molecule has 2 aromatic rings. The highest BCUT2D eigenvalue weighted by Gasteiger charge is 2.17. The molecule has 0 aliphatic heterocycles. The number of aryl methyl sites for hydroxylation is 1. The van der Waals surface area contributed by atoms with Crippen LogP contribution in [0.4, 0.5) is 0 Å². The molecule has 18 heavy (non-hydrogen) atoms. The van der Waals surface area contributed by atoms with E-state index < -0.39 is 5.97 Å². The lowest BCUT2D eigenvalue weighted by Gasteiger charge is -2.06. The van der Waals surface area contributed by atoms with Crippen molar-refractivity contribution in [1.29, 1.82) is 0 Å². The number of aromatic carboxylic acids is 1. The van der Waals surface area contributed by atoms with Crippen LogP contribution in [0.15, 0.2) is 30.6 Å². The number of nitrogens with zero attached hydrogens (tertiary/aromatic N) is 2. The molecule has 0 bridgehead atoms. The average molecular weight is 246 g/mol. The standard InChI is InChI=1S/C13H14N2O3/c1-3-18-10-6-4-9(5-7-10)12-11(13(16)17)14-8-15(12)2/h4-8H,3H2,1-2H3,(H,16,17). The van der Waals surface area contributed by atoms with Crippen molar-refractivity contribution >= 4 is 5.97 Å². The predicted molar refractivity (Wildman–Crippen MR) is 66.8 cm³/mol. The number of carboxylic acids is 1. The van der Waals surface area contributed by atoms with Crippen molar-refractivity contribution in [1.82, 2.24) is 9.55 Å². The summed E-state index contributed by atoms with van der Waals surface area (Å²) in [5, 5.41) is 9.08. The van der Waals surface area contributed by atoms with Crippen LogP contribution in [0.5, 0.6) is 5.75 Å². The summed E-state index contributed by atoms with van der Waals surface area (Å²) >= 11 is 0. The number of rotatable bonds is 4. The van der Waals surface area contributed by atoms with E-state index in [9.17, 15) is 4.79 Å². The first kappa shape index (κ1) is 12.2. The molecule has 1 N–H and O–H groups in total. The predicted octanol–water partition coefficient (Wildman–Crippen LogP) is 2.18. The lowest BCUT2D eigenvalue weighted by Crippen LogP contribution is -2.01. The Hall–Kier alpha value is -2.30. The summed E-state index contributed by atoms with van der Waals surface area (Å²) in [6.45, 7) is 2.52. The third-order valence-corrected chi connectivity index (χ3v) is 2.58. The summed E-state index contributed by atoms with van der Waals surface area (Å²) in [4.78, 5) is 15.0. The van der Waals surface area contributed by atoms with E-state index in [4.69, 9.17) is 9.84 Å². The Morgan fingerprint density at radius 3 is 2.61 bits per heavy atom. The molecule has 0 unspecified atom stereocenters. The number of hydrogen-bond acceptors (Lipinski definition) is 3. The van der Waals surface area contributed by atoms with Gasteiger partial charge in [-0.1, -0.05) is 0 Å². The molecule has 1 aromatic heterocycles. The highest BCUT2D eigenvalue weighted by molar-refractivity contribution is 5.93. The van der Waals surface area contributed by atoms with E-state index in [2.05, 4.69) is 4.98 Å². The van der Waals surface area contributed by atoms with Crippen molar-refractivity contribution in [2.75, 3.05) is 6.61 Å². The maximum atomic E-state index is 11.1.